The van der Waals surface area contributed by atoms with Gasteiger partial charge in [0.1, 0.15) is 0 Å². The van der Waals surface area contributed by atoms with E-state index < -0.39 is 0 Å². The molecule has 2 N–H and O–H groups in total. The van der Waals surface area contributed by atoms with Crippen molar-refractivity contribution >= 4 is 12.4 Å². The molecule has 1 rings (SSSR count). The maximum absolute atomic E-state index is 5.60. The van der Waals surface area contributed by atoms with Crippen LogP contribution >= 0.6 is 12.4 Å². The number of hydrogen-bond acceptors (Lipinski definition) is 2. The summed E-state index contributed by atoms with van der Waals surface area (Å²) in [5.41, 5.74) is 6.69. The fourth-order valence-electron chi connectivity index (χ4n) is 1.64. The van der Waals surface area contributed by atoms with Gasteiger partial charge in [-0.2, -0.15) is 0 Å². The predicted molar refractivity (Wildman–Crippen MR) is 75.5 cm³/mol. The molecule has 1 aromatic carbocycles. The molecule has 0 spiro atoms. The number of nitrogens with two attached hydrogens (primary N) is 1. The Balaban J connectivity index is 0.00000256. The van der Waals surface area contributed by atoms with E-state index in [0.29, 0.717) is 0 Å². The highest BCUT2D eigenvalue weighted by Crippen LogP contribution is 2.04. The maximum Gasteiger partial charge on any atom is 0.0716 e. The molecule has 0 saturated heterocycles. The molecule has 98 valence electrons. The van der Waals surface area contributed by atoms with Crippen molar-refractivity contribution in [3.63, 3.8) is 0 Å². The predicted octanol–water partition coefficient (Wildman–Crippen LogP) is 3.53. The van der Waals surface area contributed by atoms with Crippen molar-refractivity contribution in [2.75, 3.05) is 13.2 Å². The van der Waals surface area contributed by atoms with E-state index in [4.69, 9.17) is 10.5 Å². The standard InChI is InChI=1S/C14H23NO.ClH/c15-11-7-2-1-3-8-12-16-13-14-9-5-4-6-10-14;/h4-6,9-10H,1-3,7-8,11-13,15H2;1H. The van der Waals surface area contributed by atoms with Crippen molar-refractivity contribution in [3.8, 4) is 0 Å². The van der Waals surface area contributed by atoms with Crippen molar-refractivity contribution < 1.29 is 4.74 Å². The van der Waals surface area contributed by atoms with Crippen LogP contribution < -0.4 is 5.73 Å². The van der Waals surface area contributed by atoms with Gasteiger partial charge in [-0.1, -0.05) is 49.6 Å². The fourth-order valence-corrected chi connectivity index (χ4v) is 1.64. The summed E-state index contributed by atoms with van der Waals surface area (Å²) in [5.74, 6) is 0. The van der Waals surface area contributed by atoms with Crippen LogP contribution in [0.4, 0.5) is 0 Å². The molecule has 0 aliphatic rings. The Hall–Kier alpha value is -0.570. The van der Waals surface area contributed by atoms with Crippen molar-refractivity contribution in [1.82, 2.24) is 0 Å². The molecule has 0 heterocycles. The summed E-state index contributed by atoms with van der Waals surface area (Å²) in [5, 5.41) is 0. The summed E-state index contributed by atoms with van der Waals surface area (Å²) in [6.45, 7) is 2.44. The lowest BCUT2D eigenvalue weighted by Gasteiger charge is -2.04. The molecule has 1 aromatic rings. The van der Waals surface area contributed by atoms with Crippen LogP contribution in [-0.4, -0.2) is 13.2 Å². The summed E-state index contributed by atoms with van der Waals surface area (Å²) in [4.78, 5) is 0. The van der Waals surface area contributed by atoms with Crippen LogP contribution in [0.1, 0.15) is 37.7 Å². The molecule has 3 heteroatoms. The molecule has 0 saturated carbocycles. The van der Waals surface area contributed by atoms with Gasteiger partial charge in [-0.25, -0.2) is 0 Å². The van der Waals surface area contributed by atoms with Crippen LogP contribution in [0.3, 0.4) is 0 Å². The molecule has 0 aliphatic heterocycles. The van der Waals surface area contributed by atoms with Gasteiger partial charge in [0.25, 0.3) is 0 Å². The zero-order valence-electron chi connectivity index (χ0n) is 10.4. The Labute approximate surface area is 111 Å². The van der Waals surface area contributed by atoms with E-state index in [1.165, 1.54) is 24.8 Å². The molecule has 0 fully saturated rings. The van der Waals surface area contributed by atoms with Crippen LogP contribution in [0, 0.1) is 0 Å². The van der Waals surface area contributed by atoms with E-state index in [1.807, 2.05) is 18.2 Å². The summed E-state index contributed by atoms with van der Waals surface area (Å²) < 4.78 is 5.60. The zero-order chi connectivity index (χ0) is 11.5. The monoisotopic (exact) mass is 257 g/mol. The number of ether oxygens (including phenoxy) is 1. The molecule has 0 atom stereocenters. The van der Waals surface area contributed by atoms with Crippen molar-refractivity contribution in [2.45, 2.75) is 38.7 Å². The van der Waals surface area contributed by atoms with E-state index in [0.717, 1.165) is 32.6 Å². The normalized spacial score (nSPS) is 9.94. The van der Waals surface area contributed by atoms with E-state index in [-0.39, 0.29) is 12.4 Å². The van der Waals surface area contributed by atoms with E-state index in [1.54, 1.807) is 0 Å². The van der Waals surface area contributed by atoms with Crippen molar-refractivity contribution in [1.29, 1.82) is 0 Å². The first-order valence-corrected chi connectivity index (χ1v) is 6.25. The van der Waals surface area contributed by atoms with Crippen LogP contribution in [-0.2, 0) is 11.3 Å². The Morgan fingerprint density at radius 1 is 0.882 bits per heavy atom. The van der Waals surface area contributed by atoms with Gasteiger partial charge in [-0.3, -0.25) is 0 Å². The third-order valence-corrected chi connectivity index (χ3v) is 2.60. The minimum absolute atomic E-state index is 0. The van der Waals surface area contributed by atoms with E-state index in [9.17, 15) is 0 Å². The number of unbranched alkanes of at least 4 members (excludes halogenated alkanes) is 4. The van der Waals surface area contributed by atoms with Gasteiger partial charge in [0, 0.05) is 6.61 Å². The molecule has 0 radical (unpaired) electrons. The SMILES string of the molecule is Cl.NCCCCCCCOCc1ccccc1. The van der Waals surface area contributed by atoms with Crippen LogP contribution in [0.15, 0.2) is 30.3 Å². The van der Waals surface area contributed by atoms with Gasteiger partial charge < -0.3 is 10.5 Å². The minimum atomic E-state index is 0. The molecular weight excluding hydrogens is 234 g/mol. The average Bonchev–Trinajstić information content (AvgIpc) is 2.34. The highest BCUT2D eigenvalue weighted by atomic mass is 35.5. The van der Waals surface area contributed by atoms with Crippen LogP contribution in [0.25, 0.3) is 0 Å². The second kappa shape index (κ2) is 11.9. The van der Waals surface area contributed by atoms with Crippen molar-refractivity contribution in [3.05, 3.63) is 35.9 Å². The lowest BCUT2D eigenvalue weighted by atomic mass is 10.1. The Bertz CT molecular complexity index is 254. The first kappa shape index (κ1) is 16.4. The fraction of sp³-hybridized carbons (Fsp3) is 0.571. The number of rotatable bonds is 9. The van der Waals surface area contributed by atoms with Crippen molar-refractivity contribution in [2.24, 2.45) is 5.73 Å². The Morgan fingerprint density at radius 3 is 2.24 bits per heavy atom. The van der Waals surface area contributed by atoms with Gasteiger partial charge in [0.05, 0.1) is 6.61 Å². The molecule has 0 unspecified atom stereocenters. The lowest BCUT2D eigenvalue weighted by Crippen LogP contribution is -1.98. The highest BCUT2D eigenvalue weighted by Gasteiger charge is 1.92. The van der Waals surface area contributed by atoms with E-state index >= 15 is 0 Å². The maximum atomic E-state index is 5.60. The number of benzene rings is 1. The molecule has 0 bridgehead atoms. The molecular formula is C14H24ClNO. The Kier molecular flexibility index (Phi) is 11.5. The summed E-state index contributed by atoms with van der Waals surface area (Å²) >= 11 is 0. The number of hydrogen-bond donors (Lipinski definition) is 1. The second-order valence-electron chi connectivity index (χ2n) is 4.09. The van der Waals surface area contributed by atoms with Gasteiger partial charge in [-0.05, 0) is 24.9 Å². The average molecular weight is 258 g/mol. The molecule has 17 heavy (non-hydrogen) atoms. The summed E-state index contributed by atoms with van der Waals surface area (Å²) in [6.07, 6.45) is 6.12. The van der Waals surface area contributed by atoms with Gasteiger partial charge >= 0.3 is 0 Å². The van der Waals surface area contributed by atoms with Gasteiger partial charge in [0.2, 0.25) is 0 Å². The summed E-state index contributed by atoms with van der Waals surface area (Å²) in [6, 6.07) is 10.3. The molecule has 0 aliphatic carbocycles. The quantitative estimate of drug-likeness (QED) is 0.687. The van der Waals surface area contributed by atoms with Gasteiger partial charge in [0.15, 0.2) is 0 Å². The van der Waals surface area contributed by atoms with Crippen LogP contribution in [0.2, 0.25) is 0 Å². The first-order chi connectivity index (χ1) is 7.93. The molecule has 2 nitrogen and oxygen atoms in total. The lowest BCUT2D eigenvalue weighted by molar-refractivity contribution is 0.116. The van der Waals surface area contributed by atoms with E-state index in [2.05, 4.69) is 12.1 Å². The Morgan fingerprint density at radius 2 is 1.53 bits per heavy atom. The second-order valence-corrected chi connectivity index (χ2v) is 4.09. The largest absolute Gasteiger partial charge is 0.377 e. The summed E-state index contributed by atoms with van der Waals surface area (Å²) in [7, 11) is 0. The van der Waals surface area contributed by atoms with Gasteiger partial charge in [-0.15, -0.1) is 12.4 Å². The number of halogens is 1. The highest BCUT2D eigenvalue weighted by molar-refractivity contribution is 5.85. The minimum Gasteiger partial charge on any atom is -0.377 e. The third kappa shape index (κ3) is 9.16. The third-order valence-electron chi connectivity index (χ3n) is 2.60. The smallest absolute Gasteiger partial charge is 0.0716 e. The zero-order valence-corrected chi connectivity index (χ0v) is 11.3. The molecule has 0 amide bonds. The van der Waals surface area contributed by atoms with Crippen LogP contribution in [0.5, 0.6) is 0 Å². The first-order valence-electron chi connectivity index (χ1n) is 6.25. The molecule has 0 aromatic heterocycles. The topological polar surface area (TPSA) is 35.2 Å².